The van der Waals surface area contributed by atoms with E-state index in [1.807, 2.05) is 19.1 Å². The van der Waals surface area contributed by atoms with Crippen LogP contribution in [0.1, 0.15) is 17.3 Å². The maximum absolute atomic E-state index is 5.87. The Morgan fingerprint density at radius 3 is 2.76 bits per heavy atom. The maximum atomic E-state index is 5.87. The topological polar surface area (TPSA) is 60.6 Å². The summed E-state index contributed by atoms with van der Waals surface area (Å²) in [5.74, 6) is 4.04. The van der Waals surface area contributed by atoms with E-state index in [4.69, 9.17) is 14.0 Å². The number of aromatic nitrogens is 2. The van der Waals surface area contributed by atoms with Crippen molar-refractivity contribution in [3.05, 3.63) is 41.5 Å². The second-order valence-electron chi connectivity index (χ2n) is 7.20. The van der Waals surface area contributed by atoms with Crippen LogP contribution in [0, 0.1) is 24.7 Å². The van der Waals surface area contributed by atoms with E-state index < -0.39 is 0 Å². The summed E-state index contributed by atoms with van der Waals surface area (Å²) < 4.78 is 16.4. The van der Waals surface area contributed by atoms with E-state index in [-0.39, 0.29) is 0 Å². The first kappa shape index (κ1) is 16.5. The molecule has 2 aliphatic heterocycles. The number of rotatable bonds is 5. The second kappa shape index (κ2) is 7.14. The van der Waals surface area contributed by atoms with Crippen molar-refractivity contribution < 1.29 is 14.0 Å². The summed E-state index contributed by atoms with van der Waals surface area (Å²) in [7, 11) is 1.70. The molecule has 0 bridgehead atoms. The van der Waals surface area contributed by atoms with E-state index in [0.717, 1.165) is 50.9 Å². The molecular formula is C19H25N3O3. The first-order chi connectivity index (χ1) is 12.2. The number of fused-ring (bicyclic) bond motifs is 1. The Kier molecular flexibility index (Phi) is 4.72. The molecule has 0 amide bonds. The lowest BCUT2D eigenvalue weighted by molar-refractivity contribution is -0.0110. The molecule has 3 atom stereocenters. The van der Waals surface area contributed by atoms with Crippen LogP contribution in [0.2, 0.25) is 0 Å². The molecule has 6 nitrogen and oxygen atoms in total. The van der Waals surface area contributed by atoms with Gasteiger partial charge >= 0.3 is 0 Å². The van der Waals surface area contributed by atoms with Crippen LogP contribution in [-0.4, -0.2) is 48.5 Å². The van der Waals surface area contributed by atoms with Gasteiger partial charge in [0.1, 0.15) is 5.75 Å². The van der Waals surface area contributed by atoms with Crippen LogP contribution in [-0.2, 0) is 17.7 Å². The number of nitrogens with zero attached hydrogens (tertiary/aromatic N) is 3. The SMILES string of the molecule is COc1ccc(CN2C[C@@H]3COC[C@@H](Cc4nc(C)no4)[C@@H]3C2)cc1. The zero-order valence-corrected chi connectivity index (χ0v) is 14.9. The first-order valence-electron chi connectivity index (χ1n) is 8.93. The standard InChI is InChI=1S/C19H25N3O3/c1-13-20-19(25-21-13)7-15-11-24-12-16-9-22(10-18(15)16)8-14-3-5-17(23-2)6-4-14/h3-6,15-16,18H,7-12H2,1-2H3/t15-,16-,18+/m1/s1. The molecule has 0 saturated carbocycles. The van der Waals surface area contributed by atoms with Gasteiger partial charge < -0.3 is 14.0 Å². The van der Waals surface area contributed by atoms with Crippen LogP contribution < -0.4 is 4.74 Å². The number of hydrogen-bond donors (Lipinski definition) is 0. The van der Waals surface area contributed by atoms with E-state index >= 15 is 0 Å². The average Bonchev–Trinajstić information content (AvgIpc) is 3.22. The zero-order valence-electron chi connectivity index (χ0n) is 14.9. The third-order valence-corrected chi connectivity index (χ3v) is 5.41. The van der Waals surface area contributed by atoms with E-state index in [1.165, 1.54) is 5.56 Å². The minimum Gasteiger partial charge on any atom is -0.497 e. The summed E-state index contributed by atoms with van der Waals surface area (Å²) in [5, 5.41) is 3.90. The number of aryl methyl sites for hydroxylation is 1. The van der Waals surface area contributed by atoms with Crippen LogP contribution in [0.3, 0.4) is 0 Å². The molecule has 1 aromatic carbocycles. The Hall–Kier alpha value is -1.92. The Morgan fingerprint density at radius 2 is 2.04 bits per heavy atom. The molecule has 2 fully saturated rings. The first-order valence-corrected chi connectivity index (χ1v) is 8.93. The summed E-state index contributed by atoms with van der Waals surface area (Å²) in [4.78, 5) is 6.90. The molecule has 0 radical (unpaired) electrons. The molecule has 25 heavy (non-hydrogen) atoms. The van der Waals surface area contributed by atoms with Crippen molar-refractivity contribution in [1.82, 2.24) is 15.0 Å². The summed E-state index contributed by atoms with van der Waals surface area (Å²) in [6.07, 6.45) is 0.818. The number of methoxy groups -OCH3 is 1. The average molecular weight is 343 g/mol. The van der Waals surface area contributed by atoms with Crippen LogP contribution in [0.5, 0.6) is 5.75 Å². The fourth-order valence-corrected chi connectivity index (χ4v) is 4.17. The largest absolute Gasteiger partial charge is 0.497 e. The molecule has 0 aliphatic carbocycles. The summed E-state index contributed by atoms with van der Waals surface area (Å²) >= 11 is 0. The number of ether oxygens (including phenoxy) is 2. The van der Waals surface area contributed by atoms with Crippen molar-refractivity contribution in [3.8, 4) is 5.75 Å². The van der Waals surface area contributed by atoms with Gasteiger partial charge in [-0.05, 0) is 42.4 Å². The third-order valence-electron chi connectivity index (χ3n) is 5.41. The highest BCUT2D eigenvalue weighted by Gasteiger charge is 2.41. The van der Waals surface area contributed by atoms with E-state index in [1.54, 1.807) is 7.11 Å². The Bertz CT molecular complexity index is 700. The van der Waals surface area contributed by atoms with Crippen LogP contribution in [0.4, 0.5) is 0 Å². The van der Waals surface area contributed by atoms with Gasteiger partial charge in [0.15, 0.2) is 5.82 Å². The minimum absolute atomic E-state index is 0.458. The molecule has 3 heterocycles. The van der Waals surface area contributed by atoms with Crippen molar-refractivity contribution in [2.45, 2.75) is 19.9 Å². The predicted molar refractivity (Wildman–Crippen MR) is 92.3 cm³/mol. The Morgan fingerprint density at radius 1 is 1.20 bits per heavy atom. The molecule has 0 N–H and O–H groups in total. The van der Waals surface area contributed by atoms with Crippen molar-refractivity contribution in [3.63, 3.8) is 0 Å². The van der Waals surface area contributed by atoms with Crippen molar-refractivity contribution in [1.29, 1.82) is 0 Å². The molecule has 6 heteroatoms. The second-order valence-corrected chi connectivity index (χ2v) is 7.20. The van der Waals surface area contributed by atoms with Gasteiger partial charge in [-0.25, -0.2) is 0 Å². The third kappa shape index (κ3) is 3.70. The normalized spacial score (nSPS) is 26.6. The quantitative estimate of drug-likeness (QED) is 0.830. The minimum atomic E-state index is 0.458. The maximum Gasteiger partial charge on any atom is 0.227 e. The summed E-state index contributed by atoms with van der Waals surface area (Å²) in [6.45, 7) is 6.69. The molecule has 1 aromatic heterocycles. The molecular weight excluding hydrogens is 318 g/mol. The van der Waals surface area contributed by atoms with Crippen molar-refractivity contribution >= 4 is 0 Å². The van der Waals surface area contributed by atoms with Crippen LogP contribution in [0.15, 0.2) is 28.8 Å². The zero-order chi connectivity index (χ0) is 17.2. The lowest BCUT2D eigenvalue weighted by Gasteiger charge is -2.32. The highest BCUT2D eigenvalue weighted by molar-refractivity contribution is 5.27. The Balaban J connectivity index is 1.39. The van der Waals surface area contributed by atoms with Crippen LogP contribution >= 0.6 is 0 Å². The molecule has 2 aromatic rings. The number of likely N-dealkylation sites (tertiary alicyclic amines) is 1. The molecule has 0 spiro atoms. The van der Waals surface area contributed by atoms with E-state index in [0.29, 0.717) is 23.6 Å². The van der Waals surface area contributed by atoms with Gasteiger partial charge in [-0.1, -0.05) is 17.3 Å². The molecule has 2 aliphatic rings. The van der Waals surface area contributed by atoms with Gasteiger partial charge in [-0.2, -0.15) is 4.98 Å². The van der Waals surface area contributed by atoms with Gasteiger partial charge in [0.05, 0.1) is 20.3 Å². The van der Waals surface area contributed by atoms with Gasteiger partial charge in [0, 0.05) is 26.1 Å². The number of hydrogen-bond acceptors (Lipinski definition) is 6. The summed E-state index contributed by atoms with van der Waals surface area (Å²) in [5.41, 5.74) is 1.32. The number of benzene rings is 1. The van der Waals surface area contributed by atoms with Crippen LogP contribution in [0.25, 0.3) is 0 Å². The lowest BCUT2D eigenvalue weighted by atomic mass is 9.81. The van der Waals surface area contributed by atoms with E-state index in [2.05, 4.69) is 27.2 Å². The van der Waals surface area contributed by atoms with E-state index in [9.17, 15) is 0 Å². The van der Waals surface area contributed by atoms with Crippen molar-refractivity contribution in [2.24, 2.45) is 17.8 Å². The van der Waals surface area contributed by atoms with Gasteiger partial charge in [0.25, 0.3) is 0 Å². The highest BCUT2D eigenvalue weighted by Crippen LogP contribution is 2.36. The van der Waals surface area contributed by atoms with Gasteiger partial charge in [-0.15, -0.1) is 0 Å². The molecule has 0 unspecified atom stereocenters. The fraction of sp³-hybridized carbons (Fsp3) is 0.579. The molecule has 2 saturated heterocycles. The summed E-state index contributed by atoms with van der Waals surface area (Å²) in [6, 6.07) is 8.36. The fourth-order valence-electron chi connectivity index (χ4n) is 4.17. The van der Waals surface area contributed by atoms with Crippen molar-refractivity contribution in [2.75, 3.05) is 33.4 Å². The van der Waals surface area contributed by atoms with Gasteiger partial charge in [0.2, 0.25) is 5.89 Å². The van der Waals surface area contributed by atoms with Gasteiger partial charge in [-0.3, -0.25) is 4.90 Å². The highest BCUT2D eigenvalue weighted by atomic mass is 16.5. The predicted octanol–water partition coefficient (Wildman–Crippen LogP) is 2.32. The Labute approximate surface area is 148 Å². The molecule has 134 valence electrons. The monoisotopic (exact) mass is 343 g/mol. The smallest absolute Gasteiger partial charge is 0.227 e. The lowest BCUT2D eigenvalue weighted by Crippen LogP contribution is -2.36. The molecule has 4 rings (SSSR count).